The summed E-state index contributed by atoms with van der Waals surface area (Å²) >= 11 is 0. The number of nitrogens with zero attached hydrogens (tertiary/aromatic N) is 1. The Morgan fingerprint density at radius 2 is 1.50 bits per heavy atom. The van der Waals surface area contributed by atoms with Crippen molar-refractivity contribution in [2.24, 2.45) is 0 Å². The third kappa shape index (κ3) is 4.01. The average molecular weight is 400 g/mol. The van der Waals surface area contributed by atoms with E-state index in [0.717, 1.165) is 16.8 Å². The minimum Gasteiger partial charge on any atom is -0.350 e. The van der Waals surface area contributed by atoms with Gasteiger partial charge in [-0.2, -0.15) is 0 Å². The molecule has 0 spiro atoms. The summed E-state index contributed by atoms with van der Waals surface area (Å²) in [7, 11) is 0. The fourth-order valence-electron chi connectivity index (χ4n) is 3.44. The van der Waals surface area contributed by atoms with Crippen molar-refractivity contribution in [3.63, 3.8) is 0 Å². The van der Waals surface area contributed by atoms with Crippen LogP contribution in [0.4, 0.5) is 10.1 Å². The Balaban J connectivity index is 1.64. The lowest BCUT2D eigenvalue weighted by Gasteiger charge is -2.15. The average Bonchev–Trinajstić information content (AvgIpc) is 2.98. The summed E-state index contributed by atoms with van der Waals surface area (Å²) in [6.45, 7) is 2.19. The first-order chi connectivity index (χ1) is 14.5. The van der Waals surface area contributed by atoms with Crippen LogP contribution in [-0.2, 0) is 16.0 Å². The monoisotopic (exact) mass is 400 g/mol. The molecule has 0 saturated heterocycles. The number of halogens is 1. The second kappa shape index (κ2) is 8.33. The van der Waals surface area contributed by atoms with Crippen LogP contribution in [0.5, 0.6) is 0 Å². The van der Waals surface area contributed by atoms with E-state index in [1.165, 1.54) is 17.0 Å². The fraction of sp³-hybridized carbons (Fsp3) is 0.120. The molecule has 5 heteroatoms. The molecule has 1 N–H and O–H groups in total. The van der Waals surface area contributed by atoms with Gasteiger partial charge in [0, 0.05) is 12.2 Å². The van der Waals surface area contributed by atoms with Crippen LogP contribution in [0.2, 0.25) is 0 Å². The summed E-state index contributed by atoms with van der Waals surface area (Å²) in [4.78, 5) is 27.6. The summed E-state index contributed by atoms with van der Waals surface area (Å²) in [6, 6.07) is 22.9. The Labute approximate surface area is 174 Å². The van der Waals surface area contributed by atoms with Crippen LogP contribution in [0.25, 0.3) is 5.57 Å². The van der Waals surface area contributed by atoms with Gasteiger partial charge in [0.15, 0.2) is 0 Å². The van der Waals surface area contributed by atoms with Crippen LogP contribution >= 0.6 is 0 Å². The quantitative estimate of drug-likeness (QED) is 0.617. The van der Waals surface area contributed by atoms with Gasteiger partial charge in [0.2, 0.25) is 0 Å². The second-order valence-corrected chi connectivity index (χ2v) is 7.25. The number of hydrogen-bond acceptors (Lipinski definition) is 3. The van der Waals surface area contributed by atoms with E-state index in [1.54, 1.807) is 12.1 Å². The predicted octanol–water partition coefficient (Wildman–Crippen LogP) is 4.57. The van der Waals surface area contributed by atoms with E-state index in [2.05, 4.69) is 5.32 Å². The van der Waals surface area contributed by atoms with Crippen molar-refractivity contribution in [3.05, 3.63) is 107 Å². The van der Waals surface area contributed by atoms with E-state index in [4.69, 9.17) is 0 Å². The first-order valence-electron chi connectivity index (χ1n) is 9.77. The number of nitrogens with one attached hydrogen (secondary N) is 1. The van der Waals surface area contributed by atoms with E-state index in [1.807, 2.05) is 61.5 Å². The largest absolute Gasteiger partial charge is 0.350 e. The molecule has 0 atom stereocenters. The maximum atomic E-state index is 13.2. The number of amides is 2. The van der Waals surface area contributed by atoms with Gasteiger partial charge in [0.05, 0.1) is 5.57 Å². The molecule has 1 heterocycles. The maximum Gasteiger partial charge on any atom is 0.278 e. The van der Waals surface area contributed by atoms with Gasteiger partial charge in [0.25, 0.3) is 11.8 Å². The molecule has 3 aromatic carbocycles. The van der Waals surface area contributed by atoms with Gasteiger partial charge in [0.1, 0.15) is 11.5 Å². The van der Waals surface area contributed by atoms with E-state index in [9.17, 15) is 14.0 Å². The van der Waals surface area contributed by atoms with Crippen LogP contribution in [0.1, 0.15) is 16.7 Å². The molecule has 0 saturated carbocycles. The maximum absolute atomic E-state index is 13.2. The smallest absolute Gasteiger partial charge is 0.278 e. The highest BCUT2D eigenvalue weighted by atomic mass is 19.1. The lowest BCUT2D eigenvalue weighted by Crippen LogP contribution is -2.34. The van der Waals surface area contributed by atoms with Crippen LogP contribution in [-0.4, -0.2) is 23.3 Å². The Kier molecular flexibility index (Phi) is 5.44. The Hall–Kier alpha value is -3.73. The van der Waals surface area contributed by atoms with E-state index in [-0.39, 0.29) is 29.9 Å². The molecular formula is C25H21FN2O2. The van der Waals surface area contributed by atoms with E-state index < -0.39 is 0 Å². The number of imide groups is 1. The zero-order chi connectivity index (χ0) is 21.1. The number of carbonyl (C=O) groups excluding carboxylic acids is 2. The number of hydrogen-bond donors (Lipinski definition) is 1. The summed E-state index contributed by atoms with van der Waals surface area (Å²) in [5.41, 5.74) is 4.00. The highest BCUT2D eigenvalue weighted by Crippen LogP contribution is 2.30. The molecule has 0 radical (unpaired) electrons. The molecule has 150 valence electrons. The Morgan fingerprint density at radius 3 is 2.17 bits per heavy atom. The van der Waals surface area contributed by atoms with Crippen molar-refractivity contribution < 1.29 is 14.0 Å². The highest BCUT2D eigenvalue weighted by Gasteiger charge is 2.38. The number of aryl methyl sites for hydroxylation is 1. The molecule has 0 fully saturated rings. The first kappa shape index (κ1) is 19.6. The number of anilines is 1. The number of benzene rings is 3. The standard InChI is InChI=1S/C25H21FN2O2/c1-17-7-11-19(12-8-17)22-23(27-21-5-3-2-4-6-21)25(30)28(24(22)29)16-15-18-9-13-20(26)14-10-18/h2-14,27H,15-16H2,1H3. The van der Waals surface area contributed by atoms with Gasteiger partial charge in [-0.3, -0.25) is 14.5 Å². The minimum absolute atomic E-state index is 0.221. The Bertz CT molecular complexity index is 1100. The third-order valence-electron chi connectivity index (χ3n) is 5.09. The normalized spacial score (nSPS) is 13.9. The van der Waals surface area contributed by atoms with Gasteiger partial charge in [-0.15, -0.1) is 0 Å². The molecule has 3 aromatic rings. The van der Waals surface area contributed by atoms with Gasteiger partial charge >= 0.3 is 0 Å². The fourth-order valence-corrected chi connectivity index (χ4v) is 3.44. The molecule has 30 heavy (non-hydrogen) atoms. The lowest BCUT2D eigenvalue weighted by atomic mass is 10.0. The molecule has 1 aliphatic heterocycles. The van der Waals surface area contributed by atoms with E-state index in [0.29, 0.717) is 17.6 Å². The highest BCUT2D eigenvalue weighted by molar-refractivity contribution is 6.36. The molecule has 2 amide bonds. The van der Waals surface area contributed by atoms with Crippen LogP contribution in [0.15, 0.2) is 84.6 Å². The lowest BCUT2D eigenvalue weighted by molar-refractivity contribution is -0.136. The molecule has 0 bridgehead atoms. The van der Waals surface area contributed by atoms with Gasteiger partial charge in [-0.25, -0.2) is 4.39 Å². The van der Waals surface area contributed by atoms with Gasteiger partial charge in [-0.1, -0.05) is 60.2 Å². The van der Waals surface area contributed by atoms with E-state index >= 15 is 0 Å². The van der Waals surface area contributed by atoms with Crippen molar-refractivity contribution in [2.75, 3.05) is 11.9 Å². The number of rotatable bonds is 6. The Morgan fingerprint density at radius 1 is 0.833 bits per heavy atom. The number of para-hydroxylation sites is 1. The predicted molar refractivity (Wildman–Crippen MR) is 115 cm³/mol. The molecule has 0 aliphatic carbocycles. The van der Waals surface area contributed by atoms with Crippen molar-refractivity contribution in [3.8, 4) is 0 Å². The molecule has 4 rings (SSSR count). The summed E-state index contributed by atoms with van der Waals surface area (Å²) < 4.78 is 13.1. The van der Waals surface area contributed by atoms with Crippen LogP contribution < -0.4 is 5.32 Å². The zero-order valence-corrected chi connectivity index (χ0v) is 16.6. The van der Waals surface area contributed by atoms with Crippen molar-refractivity contribution >= 4 is 23.1 Å². The molecule has 4 nitrogen and oxygen atoms in total. The second-order valence-electron chi connectivity index (χ2n) is 7.25. The molecular weight excluding hydrogens is 379 g/mol. The van der Waals surface area contributed by atoms with Gasteiger partial charge < -0.3 is 5.32 Å². The summed E-state index contributed by atoms with van der Waals surface area (Å²) in [5, 5.41) is 3.14. The molecule has 1 aliphatic rings. The zero-order valence-electron chi connectivity index (χ0n) is 16.6. The third-order valence-corrected chi connectivity index (χ3v) is 5.09. The van der Waals surface area contributed by atoms with Crippen molar-refractivity contribution in [2.45, 2.75) is 13.3 Å². The van der Waals surface area contributed by atoms with Crippen molar-refractivity contribution in [1.82, 2.24) is 4.90 Å². The van der Waals surface area contributed by atoms with Crippen molar-refractivity contribution in [1.29, 1.82) is 0 Å². The summed E-state index contributed by atoms with van der Waals surface area (Å²) in [5.74, 6) is -1.00. The molecule has 0 aromatic heterocycles. The van der Waals surface area contributed by atoms with Crippen LogP contribution in [0.3, 0.4) is 0 Å². The molecule has 0 unspecified atom stereocenters. The number of carbonyl (C=O) groups is 2. The first-order valence-corrected chi connectivity index (χ1v) is 9.77. The topological polar surface area (TPSA) is 49.4 Å². The van der Waals surface area contributed by atoms with Gasteiger partial charge in [-0.05, 0) is 48.7 Å². The summed E-state index contributed by atoms with van der Waals surface area (Å²) in [6.07, 6.45) is 0.456. The van der Waals surface area contributed by atoms with Crippen LogP contribution in [0, 0.1) is 12.7 Å². The SMILES string of the molecule is Cc1ccc(C2=C(Nc3ccccc3)C(=O)N(CCc3ccc(F)cc3)C2=O)cc1. The minimum atomic E-state index is -0.360.